The third-order valence-corrected chi connectivity index (χ3v) is 3.60. The van der Waals surface area contributed by atoms with Crippen molar-refractivity contribution < 1.29 is 14.5 Å². The summed E-state index contributed by atoms with van der Waals surface area (Å²) in [6.45, 7) is 5.23. The zero-order chi connectivity index (χ0) is 17.9. The first-order chi connectivity index (χ1) is 11.2. The summed E-state index contributed by atoms with van der Waals surface area (Å²) in [6.07, 6.45) is 0. The lowest BCUT2D eigenvalue weighted by molar-refractivity contribution is -0.384. The third kappa shape index (κ3) is 3.84. The number of nitro benzene ring substituents is 1. The number of carbonyl (C=O) groups is 1. The van der Waals surface area contributed by atoms with Gasteiger partial charge >= 0.3 is 5.97 Å². The van der Waals surface area contributed by atoms with Crippen molar-refractivity contribution in [3.63, 3.8) is 0 Å². The van der Waals surface area contributed by atoms with Gasteiger partial charge in [0.05, 0.1) is 16.2 Å². The second-order valence-corrected chi connectivity index (χ2v) is 5.94. The van der Waals surface area contributed by atoms with Crippen molar-refractivity contribution in [3.8, 4) is 0 Å². The molecular weight excluding hydrogens is 308 g/mol. The third-order valence-electron chi connectivity index (χ3n) is 3.60. The Labute approximate surface area is 139 Å². The number of carbonyl (C=O) groups excluding carboxylic acids is 1. The fraction of sp³-hybridized carbons (Fsp3) is 0.222. The number of esters is 1. The molecular formula is C18H18N2O4. The van der Waals surface area contributed by atoms with E-state index in [2.05, 4.69) is 0 Å². The van der Waals surface area contributed by atoms with Crippen LogP contribution in [-0.4, -0.2) is 22.2 Å². The summed E-state index contributed by atoms with van der Waals surface area (Å²) in [7, 11) is 0. The molecule has 0 saturated heterocycles. The minimum atomic E-state index is -1.13. The van der Waals surface area contributed by atoms with Crippen LogP contribution in [0.25, 0.3) is 0 Å². The highest BCUT2D eigenvalue weighted by Crippen LogP contribution is 2.21. The highest BCUT2D eigenvalue weighted by atomic mass is 16.6. The Morgan fingerprint density at radius 1 is 1.04 bits per heavy atom. The van der Waals surface area contributed by atoms with Gasteiger partial charge < -0.3 is 10.1 Å². The van der Waals surface area contributed by atoms with Gasteiger partial charge in [-0.1, -0.05) is 29.8 Å². The number of hydrogen-bond donors (Lipinski definition) is 1. The number of nitrogens with one attached hydrogen (secondary N) is 1. The highest BCUT2D eigenvalue weighted by Gasteiger charge is 2.30. The quantitative estimate of drug-likeness (QED) is 0.390. The van der Waals surface area contributed by atoms with Crippen LogP contribution >= 0.6 is 0 Å². The molecule has 1 N–H and O–H groups in total. The van der Waals surface area contributed by atoms with E-state index in [1.54, 1.807) is 26.0 Å². The number of aryl methyl sites for hydroxylation is 1. The van der Waals surface area contributed by atoms with E-state index in [1.807, 2.05) is 19.1 Å². The van der Waals surface area contributed by atoms with Crippen LogP contribution in [0.1, 0.15) is 35.3 Å². The van der Waals surface area contributed by atoms with E-state index in [9.17, 15) is 14.9 Å². The molecule has 0 radical (unpaired) electrons. The molecule has 2 aromatic carbocycles. The molecule has 2 aromatic rings. The average molecular weight is 326 g/mol. The lowest BCUT2D eigenvalue weighted by Gasteiger charge is -2.26. The molecule has 6 heteroatoms. The fourth-order valence-corrected chi connectivity index (χ4v) is 2.13. The topological polar surface area (TPSA) is 93.3 Å². The summed E-state index contributed by atoms with van der Waals surface area (Å²) in [5, 5.41) is 18.9. The molecule has 0 aliphatic carbocycles. The molecule has 24 heavy (non-hydrogen) atoms. The molecule has 0 spiro atoms. The molecule has 124 valence electrons. The van der Waals surface area contributed by atoms with Crippen molar-refractivity contribution in [3.05, 3.63) is 75.3 Å². The van der Waals surface area contributed by atoms with Gasteiger partial charge in [-0.15, -0.1) is 0 Å². The van der Waals surface area contributed by atoms with E-state index in [0.717, 1.165) is 5.56 Å². The molecule has 0 aliphatic heterocycles. The summed E-state index contributed by atoms with van der Waals surface area (Å²) in [5.74, 6) is -0.633. The Morgan fingerprint density at radius 2 is 1.54 bits per heavy atom. The van der Waals surface area contributed by atoms with Gasteiger partial charge in [0.25, 0.3) is 5.69 Å². The molecule has 0 heterocycles. The molecule has 0 atom stereocenters. The number of ether oxygens (including phenoxy) is 1. The normalized spacial score (nSPS) is 11.0. The lowest BCUT2D eigenvalue weighted by Crippen LogP contribution is -2.37. The van der Waals surface area contributed by atoms with Crippen molar-refractivity contribution in [2.75, 3.05) is 0 Å². The number of nitrogens with zero attached hydrogens (tertiary/aromatic N) is 1. The van der Waals surface area contributed by atoms with E-state index in [4.69, 9.17) is 10.1 Å². The first kappa shape index (κ1) is 17.3. The number of rotatable bonds is 5. The lowest BCUT2D eigenvalue weighted by atomic mass is 9.95. The van der Waals surface area contributed by atoms with E-state index >= 15 is 0 Å². The van der Waals surface area contributed by atoms with Gasteiger partial charge in [0.2, 0.25) is 0 Å². The van der Waals surface area contributed by atoms with E-state index < -0.39 is 16.5 Å². The summed E-state index contributed by atoms with van der Waals surface area (Å²) < 4.78 is 5.44. The van der Waals surface area contributed by atoms with Crippen LogP contribution in [0.5, 0.6) is 0 Å². The molecule has 0 saturated carbocycles. The van der Waals surface area contributed by atoms with Gasteiger partial charge in [0.15, 0.2) is 0 Å². The van der Waals surface area contributed by atoms with Crippen molar-refractivity contribution in [2.24, 2.45) is 0 Å². The first-order valence-electron chi connectivity index (χ1n) is 7.34. The van der Waals surface area contributed by atoms with E-state index in [1.165, 1.54) is 24.3 Å². The van der Waals surface area contributed by atoms with Gasteiger partial charge in [0.1, 0.15) is 5.60 Å². The number of benzene rings is 2. The predicted octanol–water partition coefficient (Wildman–Crippen LogP) is 3.91. The van der Waals surface area contributed by atoms with Crippen LogP contribution in [0.3, 0.4) is 0 Å². The average Bonchev–Trinajstić information content (AvgIpc) is 2.54. The molecule has 0 amide bonds. The molecule has 0 aromatic heterocycles. The van der Waals surface area contributed by atoms with E-state index in [0.29, 0.717) is 5.56 Å². The maximum Gasteiger partial charge on any atom is 0.339 e. The number of nitro groups is 1. The Bertz CT molecular complexity index is 778. The van der Waals surface area contributed by atoms with E-state index in [-0.39, 0.29) is 17.0 Å². The maximum absolute atomic E-state index is 12.2. The number of non-ortho nitro benzene ring substituents is 1. The second-order valence-electron chi connectivity index (χ2n) is 5.94. The Morgan fingerprint density at radius 3 is 2.04 bits per heavy atom. The predicted molar refractivity (Wildman–Crippen MR) is 90.6 cm³/mol. The molecule has 2 rings (SSSR count). The van der Waals surface area contributed by atoms with Gasteiger partial charge in [-0.2, -0.15) is 0 Å². The van der Waals surface area contributed by atoms with Crippen LogP contribution in [-0.2, 0) is 4.74 Å². The zero-order valence-electron chi connectivity index (χ0n) is 13.7. The summed E-state index contributed by atoms with van der Waals surface area (Å²) >= 11 is 0. The van der Waals surface area contributed by atoms with Crippen LogP contribution in [0.2, 0.25) is 0 Å². The van der Waals surface area contributed by atoms with Crippen LogP contribution in [0.4, 0.5) is 5.69 Å². The molecule has 0 unspecified atom stereocenters. The number of hydrogen-bond acceptors (Lipinski definition) is 5. The van der Waals surface area contributed by atoms with Gasteiger partial charge in [-0.05, 0) is 38.5 Å². The van der Waals surface area contributed by atoms with Crippen molar-refractivity contribution in [1.82, 2.24) is 0 Å². The van der Waals surface area contributed by atoms with Crippen LogP contribution < -0.4 is 0 Å². The minimum absolute atomic E-state index is 0.0989. The molecule has 6 nitrogen and oxygen atoms in total. The van der Waals surface area contributed by atoms with Crippen molar-refractivity contribution >= 4 is 17.4 Å². The maximum atomic E-state index is 12.2. The van der Waals surface area contributed by atoms with Crippen molar-refractivity contribution in [1.29, 1.82) is 5.41 Å². The Balaban J connectivity index is 2.15. The summed E-state index contributed by atoms with van der Waals surface area (Å²) in [6, 6.07) is 12.6. The van der Waals surface area contributed by atoms with Crippen LogP contribution in [0, 0.1) is 22.4 Å². The first-order valence-corrected chi connectivity index (χ1v) is 7.34. The highest BCUT2D eigenvalue weighted by molar-refractivity contribution is 6.05. The molecule has 0 bridgehead atoms. The standard InChI is InChI=1S/C18H18N2O4/c1-12-4-6-13(7-5-12)16(19)18(2,3)24-17(21)14-8-10-15(11-9-14)20(22)23/h4-11,19H,1-3H3. The molecule has 0 fully saturated rings. The monoisotopic (exact) mass is 326 g/mol. The second kappa shape index (κ2) is 6.62. The zero-order valence-corrected chi connectivity index (χ0v) is 13.7. The molecule has 0 aliphatic rings. The Hall–Kier alpha value is -3.02. The summed E-state index contributed by atoms with van der Waals surface area (Å²) in [4.78, 5) is 22.3. The SMILES string of the molecule is Cc1ccc(C(=N)C(C)(C)OC(=O)c2ccc([N+](=O)[O-])cc2)cc1. The van der Waals surface area contributed by atoms with Gasteiger partial charge in [0, 0.05) is 12.1 Å². The summed E-state index contributed by atoms with van der Waals surface area (Å²) in [5.41, 5.74) is 0.893. The minimum Gasteiger partial charge on any atom is -0.450 e. The van der Waals surface area contributed by atoms with Gasteiger partial charge in [-0.3, -0.25) is 10.1 Å². The van der Waals surface area contributed by atoms with Gasteiger partial charge in [-0.25, -0.2) is 4.79 Å². The smallest absolute Gasteiger partial charge is 0.339 e. The van der Waals surface area contributed by atoms with Crippen LogP contribution in [0.15, 0.2) is 48.5 Å². The van der Waals surface area contributed by atoms with Crippen molar-refractivity contribution in [2.45, 2.75) is 26.4 Å². The largest absolute Gasteiger partial charge is 0.450 e. The Kier molecular flexibility index (Phi) is 4.78. The fourth-order valence-electron chi connectivity index (χ4n) is 2.13.